The largest absolute Gasteiger partial charge is 0.383 e. The molecular weight excluding hydrogens is 234 g/mol. The Kier molecular flexibility index (Phi) is 3.40. The molecule has 2 aromatic rings. The number of hydrogen-bond donors (Lipinski definition) is 1. The zero-order valence-corrected chi connectivity index (χ0v) is 12.4. The molecule has 0 radical (unpaired) electrons. The average Bonchev–Trinajstić information content (AvgIpc) is 2.68. The lowest BCUT2D eigenvalue weighted by atomic mass is 10.1. The highest BCUT2D eigenvalue weighted by Gasteiger charge is 2.25. The van der Waals surface area contributed by atoms with Crippen molar-refractivity contribution in [2.45, 2.75) is 46.1 Å². The van der Waals surface area contributed by atoms with Crippen molar-refractivity contribution >= 4 is 5.82 Å². The minimum Gasteiger partial charge on any atom is -0.383 e. The van der Waals surface area contributed by atoms with Crippen molar-refractivity contribution in [3.63, 3.8) is 0 Å². The topological polar surface area (TPSA) is 43.8 Å². The molecule has 3 heteroatoms. The molecule has 0 atom stereocenters. The predicted octanol–water partition coefficient (Wildman–Crippen LogP) is 4.01. The molecule has 1 heterocycles. The van der Waals surface area contributed by atoms with Crippen LogP contribution >= 0.6 is 0 Å². The van der Waals surface area contributed by atoms with Gasteiger partial charge in [-0.1, -0.05) is 44.2 Å². The Morgan fingerprint density at radius 1 is 1.11 bits per heavy atom. The maximum Gasteiger partial charge on any atom is 0.132 e. The number of nitrogens with two attached hydrogens (primary N) is 1. The molecule has 0 fully saturated rings. The molecule has 0 unspecified atom stereocenters. The first-order chi connectivity index (χ1) is 8.82. The second-order valence-electron chi connectivity index (χ2n) is 6.23. The summed E-state index contributed by atoms with van der Waals surface area (Å²) < 4.78 is 2.15. The molecular formula is C16H23N3. The number of aromatic nitrogens is 2. The van der Waals surface area contributed by atoms with Gasteiger partial charge < -0.3 is 10.3 Å². The van der Waals surface area contributed by atoms with Gasteiger partial charge in [-0.15, -0.1) is 0 Å². The molecule has 1 aromatic heterocycles. The molecule has 0 amide bonds. The minimum absolute atomic E-state index is 0.0658. The van der Waals surface area contributed by atoms with Crippen LogP contribution in [-0.2, 0) is 5.54 Å². The molecule has 0 saturated heterocycles. The van der Waals surface area contributed by atoms with Gasteiger partial charge in [-0.05, 0) is 20.8 Å². The van der Waals surface area contributed by atoms with E-state index in [1.165, 1.54) is 0 Å². The lowest BCUT2D eigenvalue weighted by Gasteiger charge is -2.26. The summed E-state index contributed by atoms with van der Waals surface area (Å²) >= 11 is 0. The van der Waals surface area contributed by atoms with Gasteiger partial charge in [0.2, 0.25) is 0 Å². The SMILES string of the molecule is CC(C)c1nc(-c2ccccc2)c(N)n1C(C)(C)C. The monoisotopic (exact) mass is 257 g/mol. The predicted molar refractivity (Wildman–Crippen MR) is 81.2 cm³/mol. The van der Waals surface area contributed by atoms with Crippen LogP contribution in [0.15, 0.2) is 30.3 Å². The van der Waals surface area contributed by atoms with Crippen LogP contribution in [0.2, 0.25) is 0 Å². The van der Waals surface area contributed by atoms with Crippen molar-refractivity contribution in [3.05, 3.63) is 36.2 Å². The highest BCUT2D eigenvalue weighted by Crippen LogP contribution is 2.33. The van der Waals surface area contributed by atoms with Crippen molar-refractivity contribution in [3.8, 4) is 11.3 Å². The van der Waals surface area contributed by atoms with Crippen LogP contribution in [0, 0.1) is 0 Å². The third-order valence-electron chi connectivity index (χ3n) is 3.17. The highest BCUT2D eigenvalue weighted by atomic mass is 15.2. The van der Waals surface area contributed by atoms with E-state index >= 15 is 0 Å². The van der Waals surface area contributed by atoms with Gasteiger partial charge in [0.25, 0.3) is 0 Å². The van der Waals surface area contributed by atoms with Crippen LogP contribution in [0.4, 0.5) is 5.82 Å². The fourth-order valence-electron chi connectivity index (χ4n) is 2.35. The van der Waals surface area contributed by atoms with Crippen molar-refractivity contribution in [1.82, 2.24) is 9.55 Å². The van der Waals surface area contributed by atoms with Crippen molar-refractivity contribution in [2.24, 2.45) is 0 Å². The Labute approximate surface area is 115 Å². The number of anilines is 1. The number of hydrogen-bond acceptors (Lipinski definition) is 2. The Balaban J connectivity index is 2.66. The van der Waals surface area contributed by atoms with Crippen molar-refractivity contribution in [2.75, 3.05) is 5.73 Å². The number of rotatable bonds is 2. The van der Waals surface area contributed by atoms with Crippen LogP contribution in [0.5, 0.6) is 0 Å². The van der Waals surface area contributed by atoms with E-state index in [1.807, 2.05) is 18.2 Å². The van der Waals surface area contributed by atoms with Gasteiger partial charge in [0.15, 0.2) is 0 Å². The molecule has 0 aliphatic rings. The molecule has 0 saturated carbocycles. The zero-order valence-electron chi connectivity index (χ0n) is 12.4. The van der Waals surface area contributed by atoms with E-state index in [0.717, 1.165) is 22.9 Å². The number of benzene rings is 1. The van der Waals surface area contributed by atoms with Gasteiger partial charge in [0, 0.05) is 17.0 Å². The van der Waals surface area contributed by atoms with Gasteiger partial charge in [-0.2, -0.15) is 0 Å². The van der Waals surface area contributed by atoms with Gasteiger partial charge in [0.1, 0.15) is 17.3 Å². The summed E-state index contributed by atoms with van der Waals surface area (Å²) in [7, 11) is 0. The zero-order chi connectivity index (χ0) is 14.2. The summed E-state index contributed by atoms with van der Waals surface area (Å²) in [6, 6.07) is 10.1. The molecule has 1 aromatic carbocycles. The number of imidazole rings is 1. The first-order valence-corrected chi connectivity index (χ1v) is 6.76. The van der Waals surface area contributed by atoms with Crippen LogP contribution in [0.1, 0.15) is 46.4 Å². The number of nitrogen functional groups attached to an aromatic ring is 1. The molecule has 2 rings (SSSR count). The molecule has 0 aliphatic carbocycles. The summed E-state index contributed by atoms with van der Waals surface area (Å²) in [5, 5.41) is 0. The van der Waals surface area contributed by atoms with Crippen LogP contribution in [-0.4, -0.2) is 9.55 Å². The van der Waals surface area contributed by atoms with E-state index in [9.17, 15) is 0 Å². The van der Waals surface area contributed by atoms with Gasteiger partial charge in [-0.3, -0.25) is 0 Å². The van der Waals surface area contributed by atoms with Crippen LogP contribution < -0.4 is 5.73 Å². The normalized spacial score (nSPS) is 12.1. The average molecular weight is 257 g/mol. The van der Waals surface area contributed by atoms with E-state index in [4.69, 9.17) is 10.7 Å². The standard InChI is InChI=1S/C16H23N3/c1-11(2)15-18-13(12-9-7-6-8-10-12)14(17)19(15)16(3,4)5/h6-11H,17H2,1-5H3. The van der Waals surface area contributed by atoms with Gasteiger partial charge >= 0.3 is 0 Å². The molecule has 0 spiro atoms. The smallest absolute Gasteiger partial charge is 0.132 e. The lowest BCUT2D eigenvalue weighted by molar-refractivity contribution is 0.382. The summed E-state index contributed by atoms with van der Waals surface area (Å²) in [4.78, 5) is 4.78. The highest BCUT2D eigenvalue weighted by molar-refractivity contribution is 5.71. The number of nitrogens with zero attached hydrogens (tertiary/aromatic N) is 2. The summed E-state index contributed by atoms with van der Waals surface area (Å²) in [5.41, 5.74) is 8.26. The van der Waals surface area contributed by atoms with Crippen LogP contribution in [0.25, 0.3) is 11.3 Å². The summed E-state index contributed by atoms with van der Waals surface area (Å²) in [6.45, 7) is 10.8. The van der Waals surface area contributed by atoms with Crippen LogP contribution in [0.3, 0.4) is 0 Å². The Hall–Kier alpha value is -1.77. The third-order valence-corrected chi connectivity index (χ3v) is 3.17. The fourth-order valence-corrected chi connectivity index (χ4v) is 2.35. The Bertz CT molecular complexity index is 560. The molecule has 19 heavy (non-hydrogen) atoms. The van der Waals surface area contributed by atoms with E-state index in [0.29, 0.717) is 5.92 Å². The summed E-state index contributed by atoms with van der Waals surface area (Å²) in [5.74, 6) is 2.14. The Morgan fingerprint density at radius 2 is 1.68 bits per heavy atom. The first-order valence-electron chi connectivity index (χ1n) is 6.76. The van der Waals surface area contributed by atoms with E-state index in [-0.39, 0.29) is 5.54 Å². The second-order valence-corrected chi connectivity index (χ2v) is 6.23. The minimum atomic E-state index is -0.0658. The summed E-state index contributed by atoms with van der Waals surface area (Å²) in [6.07, 6.45) is 0. The molecule has 102 valence electrons. The maximum atomic E-state index is 6.36. The molecule has 0 bridgehead atoms. The second kappa shape index (κ2) is 4.72. The van der Waals surface area contributed by atoms with Gasteiger partial charge in [-0.25, -0.2) is 4.98 Å². The first kappa shape index (κ1) is 13.7. The van der Waals surface area contributed by atoms with Gasteiger partial charge in [0.05, 0.1) is 0 Å². The molecule has 3 nitrogen and oxygen atoms in total. The lowest BCUT2D eigenvalue weighted by Crippen LogP contribution is -2.26. The van der Waals surface area contributed by atoms with E-state index < -0.39 is 0 Å². The van der Waals surface area contributed by atoms with Crippen molar-refractivity contribution in [1.29, 1.82) is 0 Å². The van der Waals surface area contributed by atoms with Crippen molar-refractivity contribution < 1.29 is 0 Å². The molecule has 2 N–H and O–H groups in total. The Morgan fingerprint density at radius 3 is 2.11 bits per heavy atom. The molecule has 0 aliphatic heterocycles. The maximum absolute atomic E-state index is 6.36. The van der Waals surface area contributed by atoms with E-state index in [1.54, 1.807) is 0 Å². The van der Waals surface area contributed by atoms with E-state index in [2.05, 4.69) is 51.3 Å². The third kappa shape index (κ3) is 2.50. The quantitative estimate of drug-likeness (QED) is 0.883. The fraction of sp³-hybridized carbons (Fsp3) is 0.438.